The van der Waals surface area contributed by atoms with Gasteiger partial charge in [-0.3, -0.25) is 9.19 Å². The molecule has 18 heavy (non-hydrogen) atoms. The van der Waals surface area contributed by atoms with Gasteiger partial charge in [-0.1, -0.05) is 0 Å². The van der Waals surface area contributed by atoms with Crippen molar-refractivity contribution in [1.29, 1.82) is 0 Å². The Hall–Kier alpha value is -0.940. The fraction of sp³-hybridized carbons (Fsp3) is 0.615. The molecule has 2 atom stereocenters. The Morgan fingerprint density at radius 2 is 2.11 bits per heavy atom. The van der Waals surface area contributed by atoms with E-state index in [1.807, 2.05) is 6.07 Å². The molecule has 0 aromatic carbocycles. The standard InChI is InChI=1S/C13H17NO3S/c1-17-11-3-2-6-14-12(11)13(15)7-9-4-5-10(8-13)18(9)16/h2-3,6,9-10,15H,4-5,7-8H2,1H3. The zero-order valence-electron chi connectivity index (χ0n) is 10.3. The van der Waals surface area contributed by atoms with Crippen molar-refractivity contribution in [3.05, 3.63) is 24.0 Å². The molecule has 1 aromatic rings. The molecule has 0 radical (unpaired) electrons. The summed E-state index contributed by atoms with van der Waals surface area (Å²) in [6.07, 6.45) is 4.64. The number of hydrogen-bond acceptors (Lipinski definition) is 4. The lowest BCUT2D eigenvalue weighted by Crippen LogP contribution is -2.41. The van der Waals surface area contributed by atoms with Crippen molar-refractivity contribution < 1.29 is 14.1 Å². The Morgan fingerprint density at radius 3 is 2.72 bits per heavy atom. The third-order valence-electron chi connectivity index (χ3n) is 4.03. The smallest absolute Gasteiger partial charge is 0.143 e. The highest BCUT2D eigenvalue weighted by Gasteiger charge is 2.50. The molecule has 3 rings (SSSR count). The van der Waals surface area contributed by atoms with E-state index in [9.17, 15) is 9.32 Å². The summed E-state index contributed by atoms with van der Waals surface area (Å²) in [5.74, 6) is 0.618. The van der Waals surface area contributed by atoms with E-state index < -0.39 is 16.4 Å². The second kappa shape index (κ2) is 4.31. The van der Waals surface area contributed by atoms with Crippen LogP contribution in [-0.4, -0.2) is 31.9 Å². The van der Waals surface area contributed by atoms with Crippen LogP contribution in [0.4, 0.5) is 0 Å². The highest BCUT2D eigenvalue weighted by atomic mass is 32.2. The van der Waals surface area contributed by atoms with Crippen molar-refractivity contribution in [2.75, 3.05) is 7.11 Å². The normalized spacial score (nSPS) is 38.7. The van der Waals surface area contributed by atoms with Crippen molar-refractivity contribution >= 4 is 10.8 Å². The van der Waals surface area contributed by atoms with E-state index >= 15 is 0 Å². The van der Waals surface area contributed by atoms with Crippen LogP contribution in [0.3, 0.4) is 0 Å². The second-order valence-electron chi connectivity index (χ2n) is 5.14. The van der Waals surface area contributed by atoms with Crippen molar-refractivity contribution in [2.24, 2.45) is 0 Å². The molecule has 0 spiro atoms. The fourth-order valence-corrected chi connectivity index (χ4v) is 5.34. The SMILES string of the molecule is COc1cccnc1C1(O)CC2CCC(C1)S2=O. The number of hydrogen-bond donors (Lipinski definition) is 1. The molecule has 2 aliphatic rings. The van der Waals surface area contributed by atoms with Gasteiger partial charge in [-0.25, -0.2) is 0 Å². The fourth-order valence-electron chi connectivity index (χ4n) is 3.18. The highest BCUT2D eigenvalue weighted by molar-refractivity contribution is 7.86. The molecule has 2 aliphatic heterocycles. The van der Waals surface area contributed by atoms with Gasteiger partial charge in [0.1, 0.15) is 17.0 Å². The number of fused-ring (bicyclic) bond motifs is 2. The number of ether oxygens (including phenoxy) is 1. The molecule has 2 saturated heterocycles. The lowest BCUT2D eigenvalue weighted by atomic mass is 9.89. The summed E-state index contributed by atoms with van der Waals surface area (Å²) in [6, 6.07) is 3.61. The summed E-state index contributed by atoms with van der Waals surface area (Å²) < 4.78 is 17.3. The van der Waals surface area contributed by atoms with Crippen LogP contribution < -0.4 is 4.74 Å². The minimum absolute atomic E-state index is 0.112. The molecular weight excluding hydrogens is 250 g/mol. The number of aliphatic hydroxyl groups is 1. The van der Waals surface area contributed by atoms with Gasteiger partial charge in [0.2, 0.25) is 0 Å². The minimum Gasteiger partial charge on any atom is -0.495 e. The van der Waals surface area contributed by atoms with Crippen molar-refractivity contribution in [3.63, 3.8) is 0 Å². The molecule has 2 unspecified atom stereocenters. The van der Waals surface area contributed by atoms with Crippen molar-refractivity contribution in [2.45, 2.75) is 41.8 Å². The van der Waals surface area contributed by atoms with E-state index in [1.54, 1.807) is 19.4 Å². The summed E-state index contributed by atoms with van der Waals surface area (Å²) >= 11 is 0. The van der Waals surface area contributed by atoms with Gasteiger partial charge in [0, 0.05) is 27.5 Å². The molecule has 5 heteroatoms. The maximum Gasteiger partial charge on any atom is 0.143 e. The third-order valence-corrected chi connectivity index (χ3v) is 6.15. The largest absolute Gasteiger partial charge is 0.495 e. The van der Waals surface area contributed by atoms with Crippen LogP contribution in [0.2, 0.25) is 0 Å². The van der Waals surface area contributed by atoms with E-state index in [2.05, 4.69) is 4.98 Å². The number of pyridine rings is 1. The van der Waals surface area contributed by atoms with Gasteiger partial charge in [-0.2, -0.15) is 0 Å². The van der Waals surface area contributed by atoms with Crippen LogP contribution in [-0.2, 0) is 16.4 Å². The topological polar surface area (TPSA) is 59.4 Å². The van der Waals surface area contributed by atoms with Crippen LogP contribution >= 0.6 is 0 Å². The first-order valence-electron chi connectivity index (χ1n) is 6.25. The zero-order chi connectivity index (χ0) is 12.8. The second-order valence-corrected chi connectivity index (χ2v) is 7.13. The van der Waals surface area contributed by atoms with Crippen LogP contribution in [0.25, 0.3) is 0 Å². The predicted molar refractivity (Wildman–Crippen MR) is 68.9 cm³/mol. The third kappa shape index (κ3) is 1.77. The Balaban J connectivity index is 1.98. The molecule has 2 bridgehead atoms. The summed E-state index contributed by atoms with van der Waals surface area (Å²) in [5.41, 5.74) is -0.382. The van der Waals surface area contributed by atoms with E-state index in [-0.39, 0.29) is 10.5 Å². The van der Waals surface area contributed by atoms with Gasteiger partial charge in [0.05, 0.1) is 7.11 Å². The van der Waals surface area contributed by atoms with Crippen LogP contribution in [0, 0.1) is 0 Å². The molecule has 98 valence electrons. The minimum atomic E-state index is -0.980. The predicted octanol–water partition coefficient (Wildman–Crippen LogP) is 1.35. The number of nitrogens with zero attached hydrogens (tertiary/aromatic N) is 1. The van der Waals surface area contributed by atoms with Gasteiger partial charge in [0.15, 0.2) is 0 Å². The first-order valence-corrected chi connectivity index (χ1v) is 7.53. The summed E-state index contributed by atoms with van der Waals surface area (Å²) in [7, 11) is 0.807. The average molecular weight is 267 g/mol. The molecule has 0 saturated carbocycles. The van der Waals surface area contributed by atoms with E-state index in [0.717, 1.165) is 12.8 Å². The summed E-state index contributed by atoms with van der Waals surface area (Å²) in [5, 5.41) is 11.1. The molecular formula is C13H17NO3S. The Morgan fingerprint density at radius 1 is 1.44 bits per heavy atom. The number of aromatic nitrogens is 1. The Bertz CT molecular complexity index is 475. The molecule has 0 aliphatic carbocycles. The summed E-state index contributed by atoms with van der Waals surface area (Å²) in [4.78, 5) is 4.29. The Kier molecular flexibility index (Phi) is 2.90. The van der Waals surface area contributed by atoms with E-state index in [0.29, 0.717) is 24.3 Å². The lowest BCUT2D eigenvalue weighted by Gasteiger charge is -2.35. The van der Waals surface area contributed by atoms with Gasteiger partial charge in [-0.05, 0) is 37.8 Å². The molecule has 2 fully saturated rings. The van der Waals surface area contributed by atoms with E-state index in [4.69, 9.17) is 4.74 Å². The van der Waals surface area contributed by atoms with Gasteiger partial charge < -0.3 is 9.84 Å². The summed E-state index contributed by atoms with van der Waals surface area (Å²) in [6.45, 7) is 0. The van der Waals surface area contributed by atoms with Crippen molar-refractivity contribution in [1.82, 2.24) is 4.98 Å². The quantitative estimate of drug-likeness (QED) is 0.878. The molecule has 4 nitrogen and oxygen atoms in total. The molecule has 1 N–H and O–H groups in total. The molecule has 0 amide bonds. The monoisotopic (exact) mass is 267 g/mol. The van der Waals surface area contributed by atoms with E-state index in [1.165, 1.54) is 0 Å². The number of rotatable bonds is 2. The first-order chi connectivity index (χ1) is 8.64. The van der Waals surface area contributed by atoms with Crippen LogP contribution in [0.5, 0.6) is 5.75 Å². The molecule has 1 aromatic heterocycles. The van der Waals surface area contributed by atoms with Crippen LogP contribution in [0.1, 0.15) is 31.4 Å². The number of methoxy groups -OCH3 is 1. The van der Waals surface area contributed by atoms with Gasteiger partial charge in [-0.15, -0.1) is 0 Å². The lowest BCUT2D eigenvalue weighted by molar-refractivity contribution is 0.0119. The maximum absolute atomic E-state index is 12.0. The maximum atomic E-state index is 12.0. The molecule has 3 heterocycles. The average Bonchev–Trinajstić information content (AvgIpc) is 2.63. The first kappa shape index (κ1) is 12.1. The van der Waals surface area contributed by atoms with Gasteiger partial charge >= 0.3 is 0 Å². The zero-order valence-corrected chi connectivity index (χ0v) is 11.2. The highest BCUT2D eigenvalue weighted by Crippen LogP contribution is 2.47. The van der Waals surface area contributed by atoms with Crippen molar-refractivity contribution in [3.8, 4) is 5.75 Å². The van der Waals surface area contributed by atoms with Gasteiger partial charge in [0.25, 0.3) is 0 Å². The van der Waals surface area contributed by atoms with Crippen LogP contribution in [0.15, 0.2) is 18.3 Å². The Labute approximate surface area is 109 Å².